The highest BCUT2D eigenvalue weighted by atomic mass is 16.2. The summed E-state index contributed by atoms with van der Waals surface area (Å²) in [5, 5.41) is 7.46. The van der Waals surface area contributed by atoms with Crippen molar-refractivity contribution in [3.05, 3.63) is 12.2 Å². The van der Waals surface area contributed by atoms with Crippen LogP contribution in [0.25, 0.3) is 0 Å². The van der Waals surface area contributed by atoms with Crippen molar-refractivity contribution < 1.29 is 28.8 Å². The Morgan fingerprint density at radius 2 is 1.63 bits per heavy atom. The third-order valence-electron chi connectivity index (χ3n) is 3.75. The fraction of sp³-hybridized carbons (Fsp3) is 0.529. The van der Waals surface area contributed by atoms with E-state index in [4.69, 9.17) is 0 Å². The molecule has 1 atom stereocenters. The van der Waals surface area contributed by atoms with E-state index in [1.54, 1.807) is 0 Å². The predicted octanol–water partition coefficient (Wildman–Crippen LogP) is -1.59. The van der Waals surface area contributed by atoms with Crippen LogP contribution >= 0.6 is 0 Å². The lowest BCUT2D eigenvalue weighted by Gasteiger charge is -2.14. The summed E-state index contributed by atoms with van der Waals surface area (Å²) >= 11 is 0. The zero-order valence-electron chi connectivity index (χ0n) is 15.2. The number of nitrogens with one attached hydrogen (secondary N) is 3. The summed E-state index contributed by atoms with van der Waals surface area (Å²) in [7, 11) is 0. The summed E-state index contributed by atoms with van der Waals surface area (Å²) < 4.78 is 0. The monoisotopic (exact) mass is 380 g/mol. The number of hydrogen-bond donors (Lipinski definition) is 3. The maximum atomic E-state index is 11.7. The van der Waals surface area contributed by atoms with E-state index >= 15 is 0 Å². The fourth-order valence-electron chi connectivity index (χ4n) is 2.29. The zero-order chi connectivity index (χ0) is 20.2. The van der Waals surface area contributed by atoms with Gasteiger partial charge >= 0.3 is 0 Å². The number of nitrogens with zero attached hydrogens (tertiary/aromatic N) is 1. The van der Waals surface area contributed by atoms with Crippen LogP contribution < -0.4 is 16.0 Å². The Labute approximate surface area is 156 Å². The molecule has 0 spiro atoms. The van der Waals surface area contributed by atoms with Gasteiger partial charge in [0.15, 0.2) is 0 Å². The first kappa shape index (κ1) is 22.0. The lowest BCUT2D eigenvalue weighted by molar-refractivity contribution is -0.137. The minimum atomic E-state index is -0.744. The van der Waals surface area contributed by atoms with Gasteiger partial charge in [0.2, 0.25) is 17.7 Å². The van der Waals surface area contributed by atoms with Gasteiger partial charge < -0.3 is 20.7 Å². The van der Waals surface area contributed by atoms with E-state index in [0.717, 1.165) is 4.90 Å². The Balaban J connectivity index is 2.09. The van der Waals surface area contributed by atoms with E-state index in [9.17, 15) is 28.8 Å². The average Bonchev–Trinajstić information content (AvgIpc) is 2.95. The molecule has 0 saturated heterocycles. The summed E-state index contributed by atoms with van der Waals surface area (Å²) in [6.45, 7) is 1.69. The first-order valence-corrected chi connectivity index (χ1v) is 8.66. The molecule has 10 heteroatoms. The normalized spacial score (nSPS) is 14.0. The smallest absolute Gasteiger partial charge is 0.253 e. The summed E-state index contributed by atoms with van der Waals surface area (Å²) in [6, 6.07) is -0.744. The van der Waals surface area contributed by atoms with Crippen LogP contribution in [0.4, 0.5) is 0 Å². The SMILES string of the molecule is C[C@H](NC(=O)CCCCC(=O)NCCN1C(=O)C=CC1=O)C(=O)NCC=O. The van der Waals surface area contributed by atoms with Gasteiger partial charge in [-0.3, -0.25) is 28.9 Å². The molecule has 3 N–H and O–H groups in total. The van der Waals surface area contributed by atoms with E-state index in [0.29, 0.717) is 19.1 Å². The fourth-order valence-corrected chi connectivity index (χ4v) is 2.29. The quantitative estimate of drug-likeness (QED) is 0.212. The van der Waals surface area contributed by atoms with Crippen LogP contribution in [0.2, 0.25) is 0 Å². The van der Waals surface area contributed by atoms with E-state index in [-0.39, 0.29) is 44.3 Å². The number of carbonyl (C=O) groups is 6. The number of rotatable bonds is 12. The van der Waals surface area contributed by atoms with E-state index in [1.165, 1.54) is 19.1 Å². The van der Waals surface area contributed by atoms with E-state index in [2.05, 4.69) is 16.0 Å². The van der Waals surface area contributed by atoms with Gasteiger partial charge in [0.05, 0.1) is 6.54 Å². The minimum Gasteiger partial charge on any atom is -0.354 e. The summed E-state index contributed by atoms with van der Waals surface area (Å²) in [5.74, 6) is -1.78. The summed E-state index contributed by atoms with van der Waals surface area (Å²) in [6.07, 6.45) is 4.24. The first-order chi connectivity index (χ1) is 12.8. The molecule has 0 bridgehead atoms. The molecule has 0 aromatic rings. The maximum Gasteiger partial charge on any atom is 0.253 e. The number of hydrogen-bond acceptors (Lipinski definition) is 6. The van der Waals surface area contributed by atoms with Crippen LogP contribution in [0.3, 0.4) is 0 Å². The molecular weight excluding hydrogens is 356 g/mol. The molecular formula is C17H24N4O6. The molecule has 1 aliphatic heterocycles. The van der Waals surface area contributed by atoms with Crippen LogP contribution in [0.15, 0.2) is 12.2 Å². The highest BCUT2D eigenvalue weighted by molar-refractivity contribution is 6.12. The lowest BCUT2D eigenvalue weighted by Crippen LogP contribution is -2.45. The molecule has 0 unspecified atom stereocenters. The van der Waals surface area contributed by atoms with Crippen molar-refractivity contribution in [1.82, 2.24) is 20.9 Å². The molecule has 0 fully saturated rings. The highest BCUT2D eigenvalue weighted by Gasteiger charge is 2.22. The Hall–Kier alpha value is -3.04. The van der Waals surface area contributed by atoms with Gasteiger partial charge in [0.25, 0.3) is 11.8 Å². The zero-order valence-corrected chi connectivity index (χ0v) is 15.2. The molecule has 0 aromatic carbocycles. The molecule has 1 rings (SSSR count). The Bertz CT molecular complexity index is 613. The molecule has 148 valence electrons. The predicted molar refractivity (Wildman–Crippen MR) is 94.0 cm³/mol. The van der Waals surface area contributed by atoms with Gasteiger partial charge in [-0.05, 0) is 19.8 Å². The number of carbonyl (C=O) groups excluding carboxylic acids is 6. The molecule has 0 aliphatic carbocycles. The molecule has 27 heavy (non-hydrogen) atoms. The summed E-state index contributed by atoms with van der Waals surface area (Å²) in [4.78, 5) is 68.8. The van der Waals surface area contributed by atoms with Crippen molar-refractivity contribution in [3.8, 4) is 0 Å². The molecule has 0 radical (unpaired) electrons. The minimum absolute atomic E-state index is 0.106. The van der Waals surface area contributed by atoms with Crippen molar-refractivity contribution in [1.29, 1.82) is 0 Å². The van der Waals surface area contributed by atoms with Crippen molar-refractivity contribution in [2.45, 2.75) is 38.6 Å². The molecule has 5 amide bonds. The van der Waals surface area contributed by atoms with Gasteiger partial charge in [-0.1, -0.05) is 0 Å². The van der Waals surface area contributed by atoms with Gasteiger partial charge in [0, 0.05) is 38.1 Å². The van der Waals surface area contributed by atoms with Crippen LogP contribution in [-0.4, -0.2) is 66.4 Å². The third-order valence-corrected chi connectivity index (χ3v) is 3.75. The van der Waals surface area contributed by atoms with Crippen molar-refractivity contribution in [3.63, 3.8) is 0 Å². The molecule has 0 saturated carbocycles. The Kier molecular flexibility index (Phi) is 9.41. The van der Waals surface area contributed by atoms with Crippen LogP contribution in [0.5, 0.6) is 0 Å². The molecule has 0 aromatic heterocycles. The number of unbranched alkanes of at least 4 members (excludes halogenated alkanes) is 1. The van der Waals surface area contributed by atoms with E-state index in [1.807, 2.05) is 0 Å². The van der Waals surface area contributed by atoms with Crippen LogP contribution in [0.1, 0.15) is 32.6 Å². The first-order valence-electron chi connectivity index (χ1n) is 8.66. The standard InChI is InChI=1S/C17H24N4O6/c1-12(17(27)19-9-11-22)20-14(24)5-3-2-4-13(23)18-8-10-21-15(25)6-7-16(21)26/h6-7,11-12H,2-5,8-10H2,1H3,(H,18,23)(H,19,27)(H,20,24)/t12-/m0/s1. The van der Waals surface area contributed by atoms with Gasteiger partial charge in [0.1, 0.15) is 12.3 Å². The van der Waals surface area contributed by atoms with Gasteiger partial charge in [-0.2, -0.15) is 0 Å². The van der Waals surface area contributed by atoms with Crippen LogP contribution in [-0.2, 0) is 28.8 Å². The summed E-state index contributed by atoms with van der Waals surface area (Å²) in [5.41, 5.74) is 0. The largest absolute Gasteiger partial charge is 0.354 e. The van der Waals surface area contributed by atoms with Gasteiger partial charge in [-0.15, -0.1) is 0 Å². The second-order valence-corrected chi connectivity index (χ2v) is 5.92. The number of imide groups is 1. The Morgan fingerprint density at radius 3 is 2.22 bits per heavy atom. The topological polar surface area (TPSA) is 142 Å². The lowest BCUT2D eigenvalue weighted by atomic mass is 10.1. The van der Waals surface area contributed by atoms with Crippen molar-refractivity contribution in [2.75, 3.05) is 19.6 Å². The molecule has 1 aliphatic rings. The molecule has 1 heterocycles. The second kappa shape index (κ2) is 11.6. The number of aldehydes is 1. The average molecular weight is 380 g/mol. The van der Waals surface area contributed by atoms with Crippen LogP contribution in [0, 0.1) is 0 Å². The second-order valence-electron chi connectivity index (χ2n) is 5.92. The Morgan fingerprint density at radius 1 is 1.04 bits per heavy atom. The van der Waals surface area contributed by atoms with Gasteiger partial charge in [-0.25, -0.2) is 0 Å². The molecule has 10 nitrogen and oxygen atoms in total. The third kappa shape index (κ3) is 8.25. The van der Waals surface area contributed by atoms with E-state index < -0.39 is 23.8 Å². The highest BCUT2D eigenvalue weighted by Crippen LogP contribution is 2.03. The number of amides is 5. The van der Waals surface area contributed by atoms with Crippen molar-refractivity contribution >= 4 is 35.8 Å². The van der Waals surface area contributed by atoms with Crippen molar-refractivity contribution in [2.24, 2.45) is 0 Å². The maximum absolute atomic E-state index is 11.7.